The molecule has 3 unspecified atom stereocenters. The molecule has 1 aliphatic heterocycles. The topological polar surface area (TPSA) is 32.7 Å². The standard InChI is InChI=1S/C8H17NO2.C5H12.C2H6/c1-6-4-7(9(2)3)5-8(10)11-6;1-4-5(2)3;1-2/h6-8,10H,4-5H2,1-3H3;5H,4H2,1-3H3;1-2H3. The Morgan fingerprint density at radius 3 is 1.94 bits per heavy atom. The van der Waals surface area contributed by atoms with Gasteiger partial charge in [-0.3, -0.25) is 0 Å². The van der Waals surface area contributed by atoms with Crippen molar-refractivity contribution in [1.29, 1.82) is 0 Å². The van der Waals surface area contributed by atoms with Crippen LogP contribution in [0.5, 0.6) is 0 Å². The molecule has 0 aromatic carbocycles. The largest absolute Gasteiger partial charge is 0.368 e. The summed E-state index contributed by atoms with van der Waals surface area (Å²) in [5.41, 5.74) is 0. The normalized spacial score (nSPS) is 27.2. The molecule has 0 spiro atoms. The average Bonchev–Trinajstić information content (AvgIpc) is 2.31. The van der Waals surface area contributed by atoms with Gasteiger partial charge in [0, 0.05) is 12.5 Å². The fourth-order valence-electron chi connectivity index (χ4n) is 1.51. The Morgan fingerprint density at radius 1 is 1.22 bits per heavy atom. The van der Waals surface area contributed by atoms with E-state index in [4.69, 9.17) is 4.74 Å². The first kappa shape index (κ1) is 20.2. The van der Waals surface area contributed by atoms with Crippen molar-refractivity contribution in [1.82, 2.24) is 4.90 Å². The molecule has 1 fully saturated rings. The van der Waals surface area contributed by atoms with Gasteiger partial charge in [-0.15, -0.1) is 0 Å². The molecule has 0 saturated carbocycles. The fourth-order valence-corrected chi connectivity index (χ4v) is 1.51. The van der Waals surface area contributed by atoms with Crippen molar-refractivity contribution in [2.45, 2.75) is 79.2 Å². The van der Waals surface area contributed by atoms with E-state index in [0.29, 0.717) is 6.04 Å². The lowest BCUT2D eigenvalue weighted by Crippen LogP contribution is -2.41. The van der Waals surface area contributed by atoms with Crippen molar-refractivity contribution in [2.24, 2.45) is 5.92 Å². The van der Waals surface area contributed by atoms with E-state index in [1.54, 1.807) is 0 Å². The molecule has 18 heavy (non-hydrogen) atoms. The van der Waals surface area contributed by atoms with Gasteiger partial charge >= 0.3 is 0 Å². The zero-order valence-electron chi connectivity index (χ0n) is 13.7. The number of hydrogen-bond donors (Lipinski definition) is 1. The van der Waals surface area contributed by atoms with Crippen LogP contribution in [0.4, 0.5) is 0 Å². The van der Waals surface area contributed by atoms with Gasteiger partial charge in [-0.1, -0.05) is 41.0 Å². The highest BCUT2D eigenvalue weighted by molar-refractivity contribution is 4.75. The minimum Gasteiger partial charge on any atom is -0.368 e. The van der Waals surface area contributed by atoms with E-state index in [9.17, 15) is 5.11 Å². The second kappa shape index (κ2) is 11.9. The summed E-state index contributed by atoms with van der Waals surface area (Å²) in [6, 6.07) is 0.466. The van der Waals surface area contributed by atoms with Crippen molar-refractivity contribution >= 4 is 0 Å². The molecule has 1 rings (SSSR count). The molecule has 1 aliphatic rings. The maximum absolute atomic E-state index is 9.25. The molecule has 3 nitrogen and oxygen atoms in total. The Hall–Kier alpha value is -0.120. The van der Waals surface area contributed by atoms with Gasteiger partial charge in [-0.25, -0.2) is 0 Å². The molecule has 0 bridgehead atoms. The number of hydrogen-bond acceptors (Lipinski definition) is 3. The number of aliphatic hydroxyl groups excluding tert-OH is 1. The van der Waals surface area contributed by atoms with E-state index in [1.165, 1.54) is 6.42 Å². The van der Waals surface area contributed by atoms with Crippen LogP contribution in [-0.4, -0.2) is 42.5 Å². The van der Waals surface area contributed by atoms with Crippen LogP contribution in [0.25, 0.3) is 0 Å². The van der Waals surface area contributed by atoms with Crippen LogP contribution in [0.2, 0.25) is 0 Å². The van der Waals surface area contributed by atoms with Gasteiger partial charge in [0.1, 0.15) is 0 Å². The lowest BCUT2D eigenvalue weighted by atomic mass is 10.0. The van der Waals surface area contributed by atoms with E-state index >= 15 is 0 Å². The first-order valence-corrected chi connectivity index (χ1v) is 7.36. The molecule has 112 valence electrons. The summed E-state index contributed by atoms with van der Waals surface area (Å²) in [7, 11) is 4.07. The van der Waals surface area contributed by atoms with Crippen molar-refractivity contribution in [2.75, 3.05) is 14.1 Å². The molecule has 3 atom stereocenters. The van der Waals surface area contributed by atoms with Crippen molar-refractivity contribution in [3.8, 4) is 0 Å². The van der Waals surface area contributed by atoms with Crippen LogP contribution in [0.3, 0.4) is 0 Å². The van der Waals surface area contributed by atoms with Crippen LogP contribution >= 0.6 is 0 Å². The van der Waals surface area contributed by atoms with Crippen LogP contribution in [0.1, 0.15) is 60.8 Å². The highest BCUT2D eigenvalue weighted by atomic mass is 16.6. The number of ether oxygens (including phenoxy) is 1. The lowest BCUT2D eigenvalue weighted by molar-refractivity contribution is -0.172. The van der Waals surface area contributed by atoms with E-state index < -0.39 is 6.29 Å². The summed E-state index contributed by atoms with van der Waals surface area (Å²) in [6.07, 6.45) is 2.68. The fraction of sp³-hybridized carbons (Fsp3) is 1.00. The maximum atomic E-state index is 9.25. The summed E-state index contributed by atoms with van der Waals surface area (Å²) in [5, 5.41) is 9.25. The first-order chi connectivity index (χ1) is 8.36. The minimum atomic E-state index is -0.564. The number of rotatable bonds is 2. The van der Waals surface area contributed by atoms with Crippen molar-refractivity contribution in [3.63, 3.8) is 0 Å². The molecule has 0 aromatic rings. The predicted octanol–water partition coefficient (Wildman–Crippen LogP) is 3.51. The average molecular weight is 261 g/mol. The smallest absolute Gasteiger partial charge is 0.156 e. The third-order valence-corrected chi connectivity index (χ3v) is 3.01. The van der Waals surface area contributed by atoms with Gasteiger partial charge in [0.15, 0.2) is 6.29 Å². The summed E-state index contributed by atoms with van der Waals surface area (Å²) in [4.78, 5) is 2.14. The van der Waals surface area contributed by atoms with Crippen LogP contribution in [-0.2, 0) is 4.74 Å². The molecule has 0 aliphatic carbocycles. The molecule has 1 N–H and O–H groups in total. The van der Waals surface area contributed by atoms with E-state index in [1.807, 2.05) is 34.9 Å². The van der Waals surface area contributed by atoms with Gasteiger partial charge in [-0.05, 0) is 33.4 Å². The van der Waals surface area contributed by atoms with Crippen LogP contribution in [0, 0.1) is 5.92 Å². The molecular formula is C15H35NO2. The molecule has 0 aromatic heterocycles. The third-order valence-electron chi connectivity index (χ3n) is 3.01. The van der Waals surface area contributed by atoms with Gasteiger partial charge in [0.25, 0.3) is 0 Å². The molecule has 0 amide bonds. The Bertz CT molecular complexity index is 162. The van der Waals surface area contributed by atoms with E-state index in [-0.39, 0.29) is 6.10 Å². The highest BCUT2D eigenvalue weighted by Gasteiger charge is 2.26. The Morgan fingerprint density at radius 2 is 1.67 bits per heavy atom. The highest BCUT2D eigenvalue weighted by Crippen LogP contribution is 2.20. The summed E-state index contributed by atoms with van der Waals surface area (Å²) in [6.45, 7) is 12.6. The van der Waals surface area contributed by atoms with Gasteiger partial charge in [-0.2, -0.15) is 0 Å². The minimum absolute atomic E-state index is 0.186. The summed E-state index contributed by atoms with van der Waals surface area (Å²) >= 11 is 0. The quantitative estimate of drug-likeness (QED) is 0.825. The Kier molecular flexibility index (Phi) is 13.4. The van der Waals surface area contributed by atoms with Gasteiger partial charge in [0.05, 0.1) is 6.10 Å². The SMILES string of the molecule is CC.CC1CC(N(C)C)CC(O)O1.CCC(C)C. The summed E-state index contributed by atoms with van der Waals surface area (Å²) < 4.78 is 5.20. The number of nitrogens with zero attached hydrogens (tertiary/aromatic N) is 1. The third kappa shape index (κ3) is 11.0. The Balaban J connectivity index is 0. The van der Waals surface area contributed by atoms with Crippen molar-refractivity contribution < 1.29 is 9.84 Å². The maximum Gasteiger partial charge on any atom is 0.156 e. The molecular weight excluding hydrogens is 226 g/mol. The molecule has 3 heteroatoms. The van der Waals surface area contributed by atoms with Crippen LogP contribution in [0.15, 0.2) is 0 Å². The lowest BCUT2D eigenvalue weighted by Gasteiger charge is -2.34. The predicted molar refractivity (Wildman–Crippen MR) is 79.7 cm³/mol. The molecule has 1 saturated heterocycles. The zero-order valence-corrected chi connectivity index (χ0v) is 13.7. The molecule has 0 radical (unpaired) electrons. The van der Waals surface area contributed by atoms with Gasteiger partial charge < -0.3 is 14.7 Å². The number of aliphatic hydroxyl groups is 1. The van der Waals surface area contributed by atoms with E-state index in [0.717, 1.165) is 18.8 Å². The monoisotopic (exact) mass is 261 g/mol. The second-order valence-corrected chi connectivity index (χ2v) is 5.29. The van der Waals surface area contributed by atoms with Gasteiger partial charge in [0.2, 0.25) is 0 Å². The second-order valence-electron chi connectivity index (χ2n) is 5.29. The zero-order chi connectivity index (χ0) is 14.7. The first-order valence-electron chi connectivity index (χ1n) is 7.36. The van der Waals surface area contributed by atoms with Crippen molar-refractivity contribution in [3.05, 3.63) is 0 Å². The summed E-state index contributed by atoms with van der Waals surface area (Å²) in [5.74, 6) is 0.884. The van der Waals surface area contributed by atoms with Crippen LogP contribution < -0.4 is 0 Å². The molecule has 1 heterocycles. The van der Waals surface area contributed by atoms with E-state index in [2.05, 4.69) is 25.7 Å². The Labute approximate surface area is 115 Å².